The van der Waals surface area contributed by atoms with Crippen LogP contribution in [0.4, 0.5) is 5.82 Å². The molecule has 0 saturated heterocycles. The summed E-state index contributed by atoms with van der Waals surface area (Å²) in [6.07, 6.45) is 2.18. The maximum atomic E-state index is 11.9. The van der Waals surface area contributed by atoms with Crippen molar-refractivity contribution in [2.24, 2.45) is 0 Å². The van der Waals surface area contributed by atoms with Crippen LogP contribution < -0.4 is 5.73 Å². The van der Waals surface area contributed by atoms with Gasteiger partial charge in [0.1, 0.15) is 6.33 Å². The van der Waals surface area contributed by atoms with E-state index in [1.54, 1.807) is 19.1 Å². The van der Waals surface area contributed by atoms with Crippen molar-refractivity contribution < 1.29 is 13.9 Å². The Kier molecular flexibility index (Phi) is 4.76. The van der Waals surface area contributed by atoms with Crippen LogP contribution in [0.5, 0.6) is 0 Å². The van der Waals surface area contributed by atoms with Crippen molar-refractivity contribution in [3.05, 3.63) is 60.1 Å². The quantitative estimate of drug-likeness (QED) is 0.514. The van der Waals surface area contributed by atoms with Crippen LogP contribution >= 0.6 is 0 Å². The average Bonchev–Trinajstić information content (AvgIpc) is 3.33. The zero-order chi connectivity index (χ0) is 19.5. The van der Waals surface area contributed by atoms with Gasteiger partial charge in [-0.25, -0.2) is 19.7 Å². The summed E-state index contributed by atoms with van der Waals surface area (Å²) in [6, 6.07) is 13.4. The van der Waals surface area contributed by atoms with Gasteiger partial charge in [0.2, 0.25) is 5.76 Å². The summed E-state index contributed by atoms with van der Waals surface area (Å²) in [5.41, 5.74) is 8.29. The molecule has 0 fully saturated rings. The first kappa shape index (κ1) is 17.7. The zero-order valence-corrected chi connectivity index (χ0v) is 15.3. The van der Waals surface area contributed by atoms with Crippen molar-refractivity contribution >= 4 is 23.0 Å². The van der Waals surface area contributed by atoms with E-state index in [9.17, 15) is 4.79 Å². The zero-order valence-electron chi connectivity index (χ0n) is 15.3. The third-order valence-electron chi connectivity index (χ3n) is 4.33. The highest BCUT2D eigenvalue weighted by molar-refractivity contribution is 5.88. The maximum absolute atomic E-state index is 11.9. The van der Waals surface area contributed by atoms with Crippen molar-refractivity contribution in [2.45, 2.75) is 19.9 Å². The molecule has 4 rings (SSSR count). The summed E-state index contributed by atoms with van der Waals surface area (Å²) >= 11 is 0. The predicted molar refractivity (Wildman–Crippen MR) is 104 cm³/mol. The number of anilines is 1. The summed E-state index contributed by atoms with van der Waals surface area (Å²) < 4.78 is 12.6. The fourth-order valence-corrected chi connectivity index (χ4v) is 3.01. The largest absolute Gasteiger partial charge is 0.460 e. The Morgan fingerprint density at radius 2 is 2.00 bits per heavy atom. The first-order chi connectivity index (χ1) is 13.7. The number of carbonyl (C=O) groups is 1. The lowest BCUT2D eigenvalue weighted by Crippen LogP contribution is -2.05. The number of nitrogens with two attached hydrogens (primary N) is 1. The molecule has 8 nitrogen and oxygen atoms in total. The Morgan fingerprint density at radius 1 is 1.18 bits per heavy atom. The SMILES string of the molecule is CCOC(=O)c1ccc(-c2nc3c(N)ncnc3n2CCc2ccccc2)o1. The number of esters is 1. The summed E-state index contributed by atoms with van der Waals surface area (Å²) in [7, 11) is 0. The van der Waals surface area contributed by atoms with Crippen molar-refractivity contribution in [3.63, 3.8) is 0 Å². The molecule has 0 aliphatic carbocycles. The minimum Gasteiger partial charge on any atom is -0.460 e. The number of aryl methyl sites for hydroxylation is 2. The van der Waals surface area contributed by atoms with E-state index >= 15 is 0 Å². The monoisotopic (exact) mass is 377 g/mol. The molecular formula is C20H19N5O3. The van der Waals surface area contributed by atoms with Gasteiger partial charge in [0.05, 0.1) is 6.61 Å². The highest BCUT2D eigenvalue weighted by Crippen LogP contribution is 2.28. The van der Waals surface area contributed by atoms with Crippen molar-refractivity contribution in [1.82, 2.24) is 19.5 Å². The molecule has 8 heteroatoms. The number of hydrogen-bond acceptors (Lipinski definition) is 7. The molecule has 0 unspecified atom stereocenters. The van der Waals surface area contributed by atoms with Gasteiger partial charge < -0.3 is 19.5 Å². The molecule has 0 saturated carbocycles. The molecule has 0 aliphatic heterocycles. The van der Waals surface area contributed by atoms with Gasteiger partial charge in [-0.1, -0.05) is 30.3 Å². The molecule has 28 heavy (non-hydrogen) atoms. The number of hydrogen-bond donors (Lipinski definition) is 1. The number of furan rings is 1. The Hall–Kier alpha value is -3.68. The molecule has 0 radical (unpaired) electrons. The fraction of sp³-hybridized carbons (Fsp3) is 0.200. The van der Waals surface area contributed by atoms with Crippen LogP contribution in [0.3, 0.4) is 0 Å². The molecule has 0 bridgehead atoms. The minimum absolute atomic E-state index is 0.123. The number of fused-ring (bicyclic) bond motifs is 1. The summed E-state index contributed by atoms with van der Waals surface area (Å²) in [5.74, 6) is 0.877. The van der Waals surface area contributed by atoms with Crippen molar-refractivity contribution in [3.8, 4) is 11.6 Å². The van der Waals surface area contributed by atoms with Gasteiger partial charge in [0.15, 0.2) is 28.6 Å². The highest BCUT2D eigenvalue weighted by Gasteiger charge is 2.20. The second kappa shape index (κ2) is 7.51. The lowest BCUT2D eigenvalue weighted by molar-refractivity contribution is 0.0491. The van der Waals surface area contributed by atoms with Crippen molar-refractivity contribution in [2.75, 3.05) is 12.3 Å². The van der Waals surface area contributed by atoms with E-state index in [1.165, 1.54) is 11.9 Å². The summed E-state index contributed by atoms with van der Waals surface area (Å²) in [4.78, 5) is 24.9. The lowest BCUT2D eigenvalue weighted by atomic mass is 10.1. The number of imidazole rings is 1. The van der Waals surface area contributed by atoms with Gasteiger partial charge >= 0.3 is 5.97 Å². The van der Waals surface area contributed by atoms with E-state index in [1.807, 2.05) is 22.8 Å². The second-order valence-electron chi connectivity index (χ2n) is 6.14. The number of ether oxygens (including phenoxy) is 1. The Balaban J connectivity index is 1.75. The number of benzene rings is 1. The van der Waals surface area contributed by atoms with Gasteiger partial charge in [0, 0.05) is 6.54 Å². The molecule has 4 aromatic rings. The Labute approximate surface area is 161 Å². The molecule has 3 aromatic heterocycles. The van der Waals surface area contributed by atoms with E-state index in [-0.39, 0.29) is 12.4 Å². The van der Waals surface area contributed by atoms with Gasteiger partial charge in [-0.2, -0.15) is 0 Å². The number of rotatable bonds is 6. The normalized spacial score (nSPS) is 11.0. The van der Waals surface area contributed by atoms with Crippen molar-refractivity contribution in [1.29, 1.82) is 0 Å². The van der Waals surface area contributed by atoms with Crippen LogP contribution in [0, 0.1) is 0 Å². The first-order valence-corrected chi connectivity index (χ1v) is 8.95. The molecule has 0 spiro atoms. The predicted octanol–water partition coefficient (Wildman–Crippen LogP) is 3.09. The topological polar surface area (TPSA) is 109 Å². The molecular weight excluding hydrogens is 358 g/mol. The molecule has 0 amide bonds. The van der Waals surface area contributed by atoms with Gasteiger partial charge in [-0.15, -0.1) is 0 Å². The maximum Gasteiger partial charge on any atom is 0.374 e. The highest BCUT2D eigenvalue weighted by atomic mass is 16.5. The van der Waals surface area contributed by atoms with E-state index in [0.29, 0.717) is 35.1 Å². The Morgan fingerprint density at radius 3 is 2.79 bits per heavy atom. The van der Waals surface area contributed by atoms with E-state index in [4.69, 9.17) is 14.9 Å². The molecule has 142 valence electrons. The van der Waals surface area contributed by atoms with Crippen LogP contribution in [0.15, 0.2) is 53.2 Å². The van der Waals surface area contributed by atoms with Crippen LogP contribution in [-0.2, 0) is 17.7 Å². The van der Waals surface area contributed by atoms with E-state index < -0.39 is 5.97 Å². The molecule has 2 N–H and O–H groups in total. The third-order valence-corrected chi connectivity index (χ3v) is 4.33. The third kappa shape index (κ3) is 3.32. The fourth-order valence-electron chi connectivity index (χ4n) is 3.01. The second-order valence-corrected chi connectivity index (χ2v) is 6.14. The van der Waals surface area contributed by atoms with Crippen LogP contribution in [0.2, 0.25) is 0 Å². The minimum atomic E-state index is -0.514. The van der Waals surface area contributed by atoms with Gasteiger partial charge in [-0.3, -0.25) is 0 Å². The standard InChI is InChI=1S/C20H19N5O3/c1-2-27-20(26)15-9-8-14(28-15)18-24-16-17(21)22-12-23-19(16)25(18)11-10-13-6-4-3-5-7-13/h3-9,12H,2,10-11H2,1H3,(H2,21,22,23). The van der Waals surface area contributed by atoms with Gasteiger partial charge in [0.25, 0.3) is 0 Å². The molecule has 0 atom stereocenters. The number of aromatic nitrogens is 4. The molecule has 0 aliphatic rings. The number of nitrogen functional groups attached to an aromatic ring is 1. The molecule has 3 heterocycles. The van der Waals surface area contributed by atoms with Gasteiger partial charge in [-0.05, 0) is 31.0 Å². The lowest BCUT2D eigenvalue weighted by Gasteiger charge is -2.07. The number of carbonyl (C=O) groups excluding carboxylic acids is 1. The van der Waals surface area contributed by atoms with E-state index in [0.717, 1.165) is 6.42 Å². The van der Waals surface area contributed by atoms with Crippen LogP contribution in [-0.4, -0.2) is 32.1 Å². The summed E-state index contributed by atoms with van der Waals surface area (Å²) in [6.45, 7) is 2.63. The summed E-state index contributed by atoms with van der Waals surface area (Å²) in [5, 5.41) is 0. The smallest absolute Gasteiger partial charge is 0.374 e. The molecule has 1 aromatic carbocycles. The van der Waals surface area contributed by atoms with Crippen LogP contribution in [0.1, 0.15) is 23.0 Å². The number of nitrogens with zero attached hydrogens (tertiary/aromatic N) is 4. The first-order valence-electron chi connectivity index (χ1n) is 8.95. The van der Waals surface area contributed by atoms with Crippen LogP contribution in [0.25, 0.3) is 22.7 Å². The van der Waals surface area contributed by atoms with E-state index in [2.05, 4.69) is 27.1 Å². The Bertz CT molecular complexity index is 1120. The average molecular weight is 377 g/mol.